The average Bonchev–Trinajstić information content (AvgIpc) is 2.47. The molecular formula is C9H20N2O. The fourth-order valence-electron chi connectivity index (χ4n) is 1.82. The van der Waals surface area contributed by atoms with Gasteiger partial charge in [-0.3, -0.25) is 4.90 Å². The molecule has 0 aromatic heterocycles. The van der Waals surface area contributed by atoms with Crippen molar-refractivity contribution in [3.63, 3.8) is 0 Å². The standard InChI is InChI=1S/C9H20N2O/c1-8-3-4-11(6-8)9(5-10)7-12-2/h8-9H,3-7,10H2,1-2H3/t8-,9?/m0/s1. The molecule has 1 aliphatic rings. The van der Waals surface area contributed by atoms with E-state index in [-0.39, 0.29) is 0 Å². The van der Waals surface area contributed by atoms with Crippen LogP contribution < -0.4 is 5.73 Å². The SMILES string of the molecule is COCC(CN)N1CC[C@H](C)C1. The predicted octanol–water partition coefficient (Wildman–Crippen LogP) is 0.302. The third kappa shape index (κ3) is 2.44. The van der Waals surface area contributed by atoms with E-state index in [1.54, 1.807) is 7.11 Å². The second kappa shape index (κ2) is 4.80. The quantitative estimate of drug-likeness (QED) is 0.663. The van der Waals surface area contributed by atoms with E-state index in [0.717, 1.165) is 12.5 Å². The molecule has 2 N–H and O–H groups in total. The summed E-state index contributed by atoms with van der Waals surface area (Å²) in [5, 5.41) is 0. The van der Waals surface area contributed by atoms with Crippen LogP contribution in [0.1, 0.15) is 13.3 Å². The van der Waals surface area contributed by atoms with Crippen molar-refractivity contribution in [3.05, 3.63) is 0 Å². The maximum atomic E-state index is 5.66. The molecule has 1 unspecified atom stereocenters. The topological polar surface area (TPSA) is 38.5 Å². The molecule has 0 radical (unpaired) electrons. The largest absolute Gasteiger partial charge is 0.383 e. The molecule has 0 spiro atoms. The number of methoxy groups -OCH3 is 1. The smallest absolute Gasteiger partial charge is 0.0630 e. The highest BCUT2D eigenvalue weighted by Gasteiger charge is 2.24. The number of hydrogen-bond donors (Lipinski definition) is 1. The van der Waals surface area contributed by atoms with Crippen molar-refractivity contribution in [2.75, 3.05) is 33.4 Å². The van der Waals surface area contributed by atoms with Gasteiger partial charge in [-0.2, -0.15) is 0 Å². The number of nitrogens with zero attached hydrogens (tertiary/aromatic N) is 1. The molecule has 1 saturated heterocycles. The van der Waals surface area contributed by atoms with Gasteiger partial charge in [0.05, 0.1) is 6.61 Å². The molecule has 1 rings (SSSR count). The molecule has 0 bridgehead atoms. The predicted molar refractivity (Wildman–Crippen MR) is 50.1 cm³/mol. The summed E-state index contributed by atoms with van der Waals surface area (Å²) in [5.41, 5.74) is 5.66. The fourth-order valence-corrected chi connectivity index (χ4v) is 1.82. The number of hydrogen-bond acceptors (Lipinski definition) is 3. The second-order valence-electron chi connectivity index (χ2n) is 3.73. The zero-order valence-corrected chi connectivity index (χ0v) is 8.12. The molecule has 1 aliphatic heterocycles. The Bertz CT molecular complexity index is 128. The highest BCUT2D eigenvalue weighted by Crippen LogP contribution is 2.17. The summed E-state index contributed by atoms with van der Waals surface area (Å²) in [4.78, 5) is 2.44. The second-order valence-corrected chi connectivity index (χ2v) is 3.73. The Kier molecular flexibility index (Phi) is 3.98. The van der Waals surface area contributed by atoms with Crippen LogP contribution in [-0.4, -0.2) is 44.3 Å². The van der Waals surface area contributed by atoms with Crippen molar-refractivity contribution >= 4 is 0 Å². The first-order chi connectivity index (χ1) is 5.77. The summed E-state index contributed by atoms with van der Waals surface area (Å²) >= 11 is 0. The van der Waals surface area contributed by atoms with E-state index in [4.69, 9.17) is 10.5 Å². The Hall–Kier alpha value is -0.120. The van der Waals surface area contributed by atoms with Crippen LogP contribution in [0.5, 0.6) is 0 Å². The molecule has 1 fully saturated rings. The van der Waals surface area contributed by atoms with Crippen molar-refractivity contribution in [2.45, 2.75) is 19.4 Å². The third-order valence-electron chi connectivity index (χ3n) is 2.60. The van der Waals surface area contributed by atoms with E-state index in [9.17, 15) is 0 Å². The summed E-state index contributed by atoms with van der Waals surface area (Å²) in [5.74, 6) is 0.830. The summed E-state index contributed by atoms with van der Waals surface area (Å²) in [6.07, 6.45) is 1.31. The highest BCUT2D eigenvalue weighted by atomic mass is 16.5. The summed E-state index contributed by atoms with van der Waals surface area (Å²) in [6.45, 7) is 6.14. The molecule has 0 aromatic carbocycles. The van der Waals surface area contributed by atoms with Crippen molar-refractivity contribution in [3.8, 4) is 0 Å². The first kappa shape index (κ1) is 9.96. The minimum Gasteiger partial charge on any atom is -0.383 e. The van der Waals surface area contributed by atoms with Crippen molar-refractivity contribution in [2.24, 2.45) is 11.7 Å². The van der Waals surface area contributed by atoms with Gasteiger partial charge in [-0.15, -0.1) is 0 Å². The van der Waals surface area contributed by atoms with E-state index in [1.165, 1.54) is 19.5 Å². The van der Waals surface area contributed by atoms with E-state index in [1.807, 2.05) is 0 Å². The summed E-state index contributed by atoms with van der Waals surface area (Å²) in [6, 6.07) is 0.431. The molecule has 2 atom stereocenters. The molecule has 72 valence electrons. The minimum atomic E-state index is 0.431. The fraction of sp³-hybridized carbons (Fsp3) is 1.00. The molecule has 12 heavy (non-hydrogen) atoms. The van der Waals surface area contributed by atoms with Gasteiger partial charge >= 0.3 is 0 Å². The Morgan fingerprint density at radius 3 is 2.83 bits per heavy atom. The number of rotatable bonds is 4. The van der Waals surface area contributed by atoms with Gasteiger partial charge in [0, 0.05) is 26.2 Å². The monoisotopic (exact) mass is 172 g/mol. The molecule has 3 nitrogen and oxygen atoms in total. The van der Waals surface area contributed by atoms with Crippen LogP contribution in [-0.2, 0) is 4.74 Å². The lowest BCUT2D eigenvalue weighted by atomic mass is 10.2. The van der Waals surface area contributed by atoms with Gasteiger partial charge in [0.2, 0.25) is 0 Å². The lowest BCUT2D eigenvalue weighted by Gasteiger charge is -2.25. The van der Waals surface area contributed by atoms with Gasteiger partial charge in [0.25, 0.3) is 0 Å². The van der Waals surface area contributed by atoms with Gasteiger partial charge in [0.1, 0.15) is 0 Å². The first-order valence-corrected chi connectivity index (χ1v) is 4.71. The highest BCUT2D eigenvalue weighted by molar-refractivity contribution is 4.79. The number of ether oxygens (including phenoxy) is 1. The minimum absolute atomic E-state index is 0.431. The zero-order chi connectivity index (χ0) is 8.97. The lowest BCUT2D eigenvalue weighted by molar-refractivity contribution is 0.107. The van der Waals surface area contributed by atoms with Gasteiger partial charge < -0.3 is 10.5 Å². The molecule has 1 heterocycles. The van der Waals surface area contributed by atoms with E-state index >= 15 is 0 Å². The Morgan fingerprint density at radius 2 is 2.42 bits per heavy atom. The van der Waals surface area contributed by atoms with Gasteiger partial charge in [0.15, 0.2) is 0 Å². The number of nitrogens with two attached hydrogens (primary N) is 1. The maximum Gasteiger partial charge on any atom is 0.0630 e. The Balaban J connectivity index is 2.33. The van der Waals surface area contributed by atoms with E-state index in [2.05, 4.69) is 11.8 Å². The molecule has 0 aliphatic carbocycles. The van der Waals surface area contributed by atoms with Gasteiger partial charge in [-0.1, -0.05) is 6.92 Å². The van der Waals surface area contributed by atoms with E-state index in [0.29, 0.717) is 12.6 Å². The van der Waals surface area contributed by atoms with Crippen molar-refractivity contribution in [1.29, 1.82) is 0 Å². The maximum absolute atomic E-state index is 5.66. The molecule has 0 amide bonds. The molecular weight excluding hydrogens is 152 g/mol. The number of likely N-dealkylation sites (tertiary alicyclic amines) is 1. The van der Waals surface area contributed by atoms with Crippen LogP contribution >= 0.6 is 0 Å². The summed E-state index contributed by atoms with van der Waals surface area (Å²) in [7, 11) is 1.74. The van der Waals surface area contributed by atoms with Crippen LogP contribution in [0.3, 0.4) is 0 Å². The van der Waals surface area contributed by atoms with Crippen LogP contribution in [0.15, 0.2) is 0 Å². The average molecular weight is 172 g/mol. The Morgan fingerprint density at radius 1 is 1.67 bits per heavy atom. The lowest BCUT2D eigenvalue weighted by Crippen LogP contribution is -2.42. The van der Waals surface area contributed by atoms with Crippen LogP contribution in [0, 0.1) is 5.92 Å². The first-order valence-electron chi connectivity index (χ1n) is 4.71. The molecule has 3 heteroatoms. The normalized spacial score (nSPS) is 27.8. The van der Waals surface area contributed by atoms with Crippen molar-refractivity contribution in [1.82, 2.24) is 4.90 Å². The van der Waals surface area contributed by atoms with Gasteiger partial charge in [-0.05, 0) is 18.9 Å². The third-order valence-corrected chi connectivity index (χ3v) is 2.60. The van der Waals surface area contributed by atoms with Gasteiger partial charge in [-0.25, -0.2) is 0 Å². The molecule has 0 saturated carbocycles. The zero-order valence-electron chi connectivity index (χ0n) is 8.12. The van der Waals surface area contributed by atoms with Crippen LogP contribution in [0.25, 0.3) is 0 Å². The molecule has 0 aromatic rings. The van der Waals surface area contributed by atoms with Crippen molar-refractivity contribution < 1.29 is 4.74 Å². The Labute approximate surface area is 74.9 Å². The van der Waals surface area contributed by atoms with Crippen LogP contribution in [0.2, 0.25) is 0 Å². The van der Waals surface area contributed by atoms with Crippen LogP contribution in [0.4, 0.5) is 0 Å². The summed E-state index contributed by atoms with van der Waals surface area (Å²) < 4.78 is 5.12. The van der Waals surface area contributed by atoms with E-state index < -0.39 is 0 Å².